The topological polar surface area (TPSA) is 66.5 Å². The van der Waals surface area contributed by atoms with Gasteiger partial charge in [0.25, 0.3) is 11.8 Å². The summed E-state index contributed by atoms with van der Waals surface area (Å²) in [4.78, 5) is 37.3. The molecule has 3 amide bonds. The molecule has 0 aliphatic carbocycles. The molecule has 1 aromatic carbocycles. The standard InChI is InChI=1S/C18H24N2O3/c1-2-3-4-7-12-19-16(21)11-8-13-20-17(22)14-9-5-6-10-15(14)18(20)23/h5-6,9-10H,2-4,7-8,11-13H2,1H3,(H,19,21). The van der Waals surface area contributed by atoms with Gasteiger partial charge in [-0.15, -0.1) is 0 Å². The Morgan fingerprint density at radius 3 is 2.26 bits per heavy atom. The summed E-state index contributed by atoms with van der Waals surface area (Å²) in [5, 5.41) is 2.88. The molecule has 5 nitrogen and oxygen atoms in total. The Morgan fingerprint density at radius 2 is 1.65 bits per heavy atom. The van der Waals surface area contributed by atoms with Gasteiger partial charge in [-0.05, 0) is 25.0 Å². The first-order valence-corrected chi connectivity index (χ1v) is 8.37. The molecule has 2 rings (SSSR count). The zero-order valence-corrected chi connectivity index (χ0v) is 13.6. The van der Waals surface area contributed by atoms with Gasteiger partial charge in [0.05, 0.1) is 11.1 Å². The second-order valence-electron chi connectivity index (χ2n) is 5.82. The molecular formula is C18H24N2O3. The molecule has 0 aromatic heterocycles. The van der Waals surface area contributed by atoms with Gasteiger partial charge in [0.1, 0.15) is 0 Å². The van der Waals surface area contributed by atoms with Crippen molar-refractivity contribution in [3.05, 3.63) is 35.4 Å². The average molecular weight is 316 g/mol. The summed E-state index contributed by atoms with van der Waals surface area (Å²) in [5.74, 6) is -0.533. The van der Waals surface area contributed by atoms with E-state index in [1.807, 2.05) is 0 Å². The van der Waals surface area contributed by atoms with Crippen molar-refractivity contribution in [2.45, 2.75) is 45.4 Å². The molecule has 0 atom stereocenters. The van der Waals surface area contributed by atoms with Crippen LogP contribution in [0.2, 0.25) is 0 Å². The minimum Gasteiger partial charge on any atom is -0.356 e. The molecule has 0 bridgehead atoms. The third-order valence-corrected chi connectivity index (χ3v) is 4.02. The van der Waals surface area contributed by atoms with Crippen LogP contribution in [0.3, 0.4) is 0 Å². The van der Waals surface area contributed by atoms with Gasteiger partial charge in [0.2, 0.25) is 5.91 Å². The van der Waals surface area contributed by atoms with E-state index in [-0.39, 0.29) is 24.3 Å². The van der Waals surface area contributed by atoms with Gasteiger partial charge in [-0.3, -0.25) is 19.3 Å². The van der Waals surface area contributed by atoms with Crippen molar-refractivity contribution in [2.24, 2.45) is 0 Å². The van der Waals surface area contributed by atoms with E-state index in [0.29, 0.717) is 30.5 Å². The van der Waals surface area contributed by atoms with Crippen molar-refractivity contribution in [1.82, 2.24) is 10.2 Å². The largest absolute Gasteiger partial charge is 0.356 e. The van der Waals surface area contributed by atoms with E-state index in [1.165, 1.54) is 17.7 Å². The van der Waals surface area contributed by atoms with Crippen molar-refractivity contribution in [3.63, 3.8) is 0 Å². The van der Waals surface area contributed by atoms with E-state index in [0.717, 1.165) is 12.8 Å². The third kappa shape index (κ3) is 4.41. The number of nitrogens with zero attached hydrogens (tertiary/aromatic N) is 1. The highest BCUT2D eigenvalue weighted by molar-refractivity contribution is 6.21. The van der Waals surface area contributed by atoms with Crippen LogP contribution in [-0.2, 0) is 4.79 Å². The molecule has 1 aromatic rings. The number of unbranched alkanes of at least 4 members (excludes halogenated alkanes) is 3. The number of benzene rings is 1. The lowest BCUT2D eigenvalue weighted by Crippen LogP contribution is -2.32. The summed E-state index contributed by atoms with van der Waals surface area (Å²) in [6.07, 6.45) is 5.32. The highest BCUT2D eigenvalue weighted by atomic mass is 16.2. The molecule has 0 spiro atoms. The number of nitrogens with one attached hydrogen (secondary N) is 1. The number of fused-ring (bicyclic) bond motifs is 1. The lowest BCUT2D eigenvalue weighted by molar-refractivity contribution is -0.121. The molecule has 5 heteroatoms. The van der Waals surface area contributed by atoms with Crippen LogP contribution < -0.4 is 5.32 Å². The number of carbonyl (C=O) groups is 3. The van der Waals surface area contributed by atoms with Gasteiger partial charge in [-0.1, -0.05) is 38.3 Å². The molecule has 0 saturated heterocycles. The second kappa shape index (κ2) is 8.46. The van der Waals surface area contributed by atoms with Crippen molar-refractivity contribution < 1.29 is 14.4 Å². The molecule has 0 fully saturated rings. The lowest BCUT2D eigenvalue weighted by atomic mass is 10.1. The van der Waals surface area contributed by atoms with Crippen LogP contribution in [0.15, 0.2) is 24.3 Å². The zero-order valence-electron chi connectivity index (χ0n) is 13.6. The molecule has 1 N–H and O–H groups in total. The highest BCUT2D eigenvalue weighted by Gasteiger charge is 2.34. The highest BCUT2D eigenvalue weighted by Crippen LogP contribution is 2.22. The number of amides is 3. The maximum Gasteiger partial charge on any atom is 0.261 e. The van der Waals surface area contributed by atoms with E-state index in [1.54, 1.807) is 24.3 Å². The smallest absolute Gasteiger partial charge is 0.261 e. The van der Waals surface area contributed by atoms with Crippen LogP contribution in [0.4, 0.5) is 0 Å². The van der Waals surface area contributed by atoms with Crippen molar-refractivity contribution in [2.75, 3.05) is 13.1 Å². The van der Waals surface area contributed by atoms with Crippen molar-refractivity contribution in [1.29, 1.82) is 0 Å². The summed E-state index contributed by atoms with van der Waals surface area (Å²) < 4.78 is 0. The molecule has 0 saturated carbocycles. The minimum atomic E-state index is -0.259. The fourth-order valence-corrected chi connectivity index (χ4v) is 2.71. The maximum atomic E-state index is 12.2. The maximum absolute atomic E-state index is 12.2. The Labute approximate surface area is 137 Å². The molecule has 0 unspecified atom stereocenters. The number of hydrogen-bond donors (Lipinski definition) is 1. The van der Waals surface area contributed by atoms with Gasteiger partial charge in [-0.25, -0.2) is 0 Å². The van der Waals surface area contributed by atoms with Gasteiger partial charge in [0, 0.05) is 19.5 Å². The van der Waals surface area contributed by atoms with Gasteiger partial charge < -0.3 is 5.32 Å². The summed E-state index contributed by atoms with van der Waals surface area (Å²) >= 11 is 0. The molecule has 23 heavy (non-hydrogen) atoms. The Hall–Kier alpha value is -2.17. The fraction of sp³-hybridized carbons (Fsp3) is 0.500. The summed E-state index contributed by atoms with van der Waals surface area (Å²) in [6, 6.07) is 6.83. The number of hydrogen-bond acceptors (Lipinski definition) is 3. The Balaban J connectivity index is 1.70. The van der Waals surface area contributed by atoms with Crippen molar-refractivity contribution >= 4 is 17.7 Å². The second-order valence-corrected chi connectivity index (χ2v) is 5.82. The predicted octanol–water partition coefficient (Wildman–Crippen LogP) is 2.76. The van der Waals surface area contributed by atoms with E-state index < -0.39 is 0 Å². The molecular weight excluding hydrogens is 292 g/mol. The third-order valence-electron chi connectivity index (χ3n) is 4.02. The first-order chi connectivity index (χ1) is 11.1. The molecule has 0 radical (unpaired) electrons. The molecule has 124 valence electrons. The van der Waals surface area contributed by atoms with Crippen LogP contribution in [-0.4, -0.2) is 35.7 Å². The Morgan fingerprint density at radius 1 is 1.00 bits per heavy atom. The van der Waals surface area contributed by atoms with Crippen LogP contribution in [0.5, 0.6) is 0 Å². The number of rotatable bonds is 9. The molecule has 1 aliphatic heterocycles. The van der Waals surface area contributed by atoms with Crippen LogP contribution >= 0.6 is 0 Å². The normalized spacial score (nSPS) is 13.3. The van der Waals surface area contributed by atoms with Gasteiger partial charge >= 0.3 is 0 Å². The average Bonchev–Trinajstić information content (AvgIpc) is 2.80. The molecule has 1 aliphatic rings. The SMILES string of the molecule is CCCCCCNC(=O)CCCN1C(=O)c2ccccc2C1=O. The van der Waals surface area contributed by atoms with Crippen LogP contribution in [0.25, 0.3) is 0 Å². The van der Waals surface area contributed by atoms with E-state index in [9.17, 15) is 14.4 Å². The first kappa shape index (κ1) is 17.2. The van der Waals surface area contributed by atoms with E-state index in [2.05, 4.69) is 12.2 Å². The Kier molecular flexibility index (Phi) is 6.32. The fourth-order valence-electron chi connectivity index (χ4n) is 2.71. The van der Waals surface area contributed by atoms with E-state index >= 15 is 0 Å². The van der Waals surface area contributed by atoms with Crippen molar-refractivity contribution in [3.8, 4) is 0 Å². The van der Waals surface area contributed by atoms with E-state index in [4.69, 9.17) is 0 Å². The lowest BCUT2D eigenvalue weighted by Gasteiger charge is -2.13. The van der Waals surface area contributed by atoms with Crippen LogP contribution in [0.1, 0.15) is 66.2 Å². The predicted molar refractivity (Wildman–Crippen MR) is 88.2 cm³/mol. The monoisotopic (exact) mass is 316 g/mol. The summed E-state index contributed by atoms with van der Waals surface area (Å²) in [5.41, 5.74) is 0.913. The number of carbonyl (C=O) groups excluding carboxylic acids is 3. The van der Waals surface area contributed by atoms with Gasteiger partial charge in [-0.2, -0.15) is 0 Å². The quantitative estimate of drug-likeness (QED) is 0.563. The minimum absolute atomic E-state index is 0.0156. The Bertz CT molecular complexity index is 548. The van der Waals surface area contributed by atoms with Gasteiger partial charge in [0.15, 0.2) is 0 Å². The van der Waals surface area contributed by atoms with Crippen LogP contribution in [0, 0.1) is 0 Å². The summed E-state index contributed by atoms with van der Waals surface area (Å²) in [6.45, 7) is 3.14. The molecule has 1 heterocycles. The summed E-state index contributed by atoms with van der Waals surface area (Å²) in [7, 11) is 0. The number of imide groups is 1. The first-order valence-electron chi connectivity index (χ1n) is 8.37. The zero-order chi connectivity index (χ0) is 16.7.